The minimum Gasteiger partial charge on any atom is -0.206 e. The van der Waals surface area contributed by atoms with Gasteiger partial charge in [0.1, 0.15) is 5.82 Å². The van der Waals surface area contributed by atoms with Gasteiger partial charge in [-0.1, -0.05) is 12.1 Å². The summed E-state index contributed by atoms with van der Waals surface area (Å²) < 4.78 is 50.0. The van der Waals surface area contributed by atoms with Crippen LogP contribution in [-0.4, -0.2) is 0 Å². The lowest BCUT2D eigenvalue weighted by Gasteiger charge is -2.12. The fourth-order valence-corrected chi connectivity index (χ4v) is 1.21. The van der Waals surface area contributed by atoms with Gasteiger partial charge in [-0.25, -0.2) is 4.39 Å². The zero-order chi connectivity index (χ0) is 10.8. The van der Waals surface area contributed by atoms with Gasteiger partial charge in [-0.2, -0.15) is 13.2 Å². The standard InChI is InChI=1S/C10H8F4/c1-2-4-7-5-3-6-8(11)9(7)10(12,13)14/h2-3,5-6H,1,4H2. The zero-order valence-corrected chi connectivity index (χ0v) is 7.24. The van der Waals surface area contributed by atoms with Crippen molar-refractivity contribution in [1.82, 2.24) is 0 Å². The second-order valence-electron chi connectivity index (χ2n) is 2.76. The van der Waals surface area contributed by atoms with Crippen LogP contribution in [0.5, 0.6) is 0 Å². The monoisotopic (exact) mass is 204 g/mol. The Morgan fingerprint density at radius 1 is 1.29 bits per heavy atom. The first-order chi connectivity index (χ1) is 6.46. The number of alkyl halides is 3. The Bertz CT molecular complexity index is 314. The molecule has 0 aliphatic heterocycles. The summed E-state index contributed by atoms with van der Waals surface area (Å²) in [5, 5.41) is 0. The summed E-state index contributed by atoms with van der Waals surface area (Å²) in [6, 6.07) is 3.30. The zero-order valence-electron chi connectivity index (χ0n) is 7.24. The number of rotatable bonds is 2. The van der Waals surface area contributed by atoms with Crippen LogP contribution in [-0.2, 0) is 12.6 Å². The molecule has 14 heavy (non-hydrogen) atoms. The molecule has 0 unspecified atom stereocenters. The van der Waals surface area contributed by atoms with E-state index in [1.807, 2.05) is 0 Å². The van der Waals surface area contributed by atoms with Crippen molar-refractivity contribution in [2.75, 3.05) is 0 Å². The lowest BCUT2D eigenvalue weighted by atomic mass is 10.0. The summed E-state index contributed by atoms with van der Waals surface area (Å²) in [4.78, 5) is 0. The lowest BCUT2D eigenvalue weighted by Crippen LogP contribution is -2.12. The van der Waals surface area contributed by atoms with Crippen molar-refractivity contribution >= 4 is 0 Å². The van der Waals surface area contributed by atoms with Gasteiger partial charge in [-0.3, -0.25) is 0 Å². The van der Waals surface area contributed by atoms with E-state index in [0.29, 0.717) is 0 Å². The number of benzene rings is 1. The quantitative estimate of drug-likeness (QED) is 0.647. The van der Waals surface area contributed by atoms with E-state index in [1.165, 1.54) is 18.6 Å². The largest absolute Gasteiger partial charge is 0.419 e. The van der Waals surface area contributed by atoms with Crippen LogP contribution in [0.3, 0.4) is 0 Å². The van der Waals surface area contributed by atoms with Crippen molar-refractivity contribution in [2.45, 2.75) is 12.6 Å². The highest BCUT2D eigenvalue weighted by molar-refractivity contribution is 5.32. The molecule has 0 aliphatic rings. The van der Waals surface area contributed by atoms with Crippen LogP contribution in [0.25, 0.3) is 0 Å². The highest BCUT2D eigenvalue weighted by Gasteiger charge is 2.36. The first-order valence-corrected chi connectivity index (χ1v) is 3.92. The van der Waals surface area contributed by atoms with E-state index in [1.54, 1.807) is 0 Å². The Balaban J connectivity index is 3.22. The first kappa shape index (κ1) is 11.0. The van der Waals surface area contributed by atoms with Crippen molar-refractivity contribution in [2.24, 2.45) is 0 Å². The smallest absolute Gasteiger partial charge is 0.206 e. The summed E-state index contributed by atoms with van der Waals surface area (Å²) in [5.74, 6) is -1.24. The van der Waals surface area contributed by atoms with Gasteiger partial charge in [0.15, 0.2) is 0 Å². The number of hydrogen-bond acceptors (Lipinski definition) is 0. The van der Waals surface area contributed by atoms with Crippen LogP contribution in [0.15, 0.2) is 18.2 Å². The molecule has 1 rings (SSSR count). The van der Waals surface area contributed by atoms with Crippen molar-refractivity contribution in [1.29, 1.82) is 0 Å². The summed E-state index contributed by atoms with van der Waals surface area (Å²) >= 11 is 0. The van der Waals surface area contributed by atoms with Gasteiger partial charge in [-0.05, 0) is 31.4 Å². The summed E-state index contributed by atoms with van der Waals surface area (Å²) in [6.07, 6.45) is -3.33. The van der Waals surface area contributed by atoms with Crippen LogP contribution >= 0.6 is 0 Å². The molecule has 0 aliphatic carbocycles. The van der Waals surface area contributed by atoms with E-state index in [2.05, 4.69) is 6.92 Å². The molecule has 2 radical (unpaired) electrons. The molecule has 76 valence electrons. The maximum absolute atomic E-state index is 12.9. The second kappa shape index (κ2) is 3.98. The molecule has 0 aromatic heterocycles. The van der Waals surface area contributed by atoms with Crippen molar-refractivity contribution in [3.63, 3.8) is 0 Å². The Morgan fingerprint density at radius 2 is 1.93 bits per heavy atom. The van der Waals surface area contributed by atoms with Gasteiger partial charge < -0.3 is 0 Å². The number of halogens is 4. The molecule has 0 nitrogen and oxygen atoms in total. The molecule has 0 amide bonds. The van der Waals surface area contributed by atoms with Crippen LogP contribution < -0.4 is 0 Å². The Kier molecular flexibility index (Phi) is 3.13. The van der Waals surface area contributed by atoms with E-state index in [4.69, 9.17) is 0 Å². The van der Waals surface area contributed by atoms with Gasteiger partial charge in [0.25, 0.3) is 0 Å². The third-order valence-electron chi connectivity index (χ3n) is 1.75. The first-order valence-electron chi connectivity index (χ1n) is 3.92. The lowest BCUT2D eigenvalue weighted by molar-refractivity contribution is -0.140. The van der Waals surface area contributed by atoms with Crippen LogP contribution in [0.4, 0.5) is 17.6 Å². The third-order valence-corrected chi connectivity index (χ3v) is 1.75. The van der Waals surface area contributed by atoms with Gasteiger partial charge in [0.05, 0.1) is 5.56 Å². The van der Waals surface area contributed by atoms with Gasteiger partial charge in [-0.15, -0.1) is 0 Å². The van der Waals surface area contributed by atoms with Crippen LogP contribution in [0.1, 0.15) is 11.1 Å². The maximum Gasteiger partial charge on any atom is 0.419 e. The van der Waals surface area contributed by atoms with Crippen molar-refractivity contribution in [3.8, 4) is 0 Å². The molecule has 4 heteroatoms. The summed E-state index contributed by atoms with van der Waals surface area (Å²) in [6.45, 7) is 3.32. The van der Waals surface area contributed by atoms with E-state index in [0.717, 1.165) is 6.07 Å². The average molecular weight is 204 g/mol. The van der Waals surface area contributed by atoms with E-state index in [9.17, 15) is 17.6 Å². The van der Waals surface area contributed by atoms with Gasteiger partial charge >= 0.3 is 6.18 Å². The molecule has 0 saturated carbocycles. The molecule has 0 saturated heterocycles. The summed E-state index contributed by atoms with van der Waals surface area (Å²) in [5.41, 5.74) is -1.28. The fraction of sp³-hybridized carbons (Fsp3) is 0.200. The molecule has 1 aromatic rings. The normalized spacial score (nSPS) is 11.8. The van der Waals surface area contributed by atoms with E-state index >= 15 is 0 Å². The van der Waals surface area contributed by atoms with Crippen molar-refractivity contribution in [3.05, 3.63) is 48.5 Å². The predicted molar refractivity (Wildman–Crippen MR) is 44.8 cm³/mol. The molecule has 0 fully saturated rings. The van der Waals surface area contributed by atoms with E-state index in [-0.39, 0.29) is 12.0 Å². The highest BCUT2D eigenvalue weighted by atomic mass is 19.4. The van der Waals surface area contributed by atoms with Gasteiger partial charge in [0.2, 0.25) is 0 Å². The molecule has 0 spiro atoms. The summed E-state index contributed by atoms with van der Waals surface area (Å²) in [7, 11) is 0. The molecular formula is C10H8F4. The second-order valence-corrected chi connectivity index (χ2v) is 2.76. The topological polar surface area (TPSA) is 0 Å². The Labute approximate surface area is 79.6 Å². The van der Waals surface area contributed by atoms with E-state index < -0.39 is 17.6 Å². The molecule has 1 aromatic carbocycles. The minimum absolute atomic E-state index is 0.00655. The van der Waals surface area contributed by atoms with Crippen LogP contribution in [0.2, 0.25) is 0 Å². The Hall–Kier alpha value is -1.06. The molecular weight excluding hydrogens is 196 g/mol. The third kappa shape index (κ3) is 2.25. The van der Waals surface area contributed by atoms with Crippen LogP contribution in [0, 0.1) is 19.2 Å². The minimum atomic E-state index is -4.65. The van der Waals surface area contributed by atoms with Gasteiger partial charge in [0, 0.05) is 0 Å². The maximum atomic E-state index is 12.9. The fourth-order valence-electron chi connectivity index (χ4n) is 1.21. The SMILES string of the molecule is [CH2][CH]Cc1cccc(F)c1C(F)(F)F. The number of hydrogen-bond donors (Lipinski definition) is 0. The molecule has 0 atom stereocenters. The van der Waals surface area contributed by atoms with Crippen molar-refractivity contribution < 1.29 is 17.6 Å². The molecule has 0 bridgehead atoms. The predicted octanol–water partition coefficient (Wildman–Crippen LogP) is 3.43. The molecule has 0 N–H and O–H groups in total. The Morgan fingerprint density at radius 3 is 2.43 bits per heavy atom. The highest BCUT2D eigenvalue weighted by Crippen LogP contribution is 2.34. The average Bonchev–Trinajstić information content (AvgIpc) is 2.02. The molecule has 0 heterocycles.